The van der Waals surface area contributed by atoms with Crippen LogP contribution < -0.4 is 0 Å². The lowest BCUT2D eigenvalue weighted by atomic mass is 9.84. The highest BCUT2D eigenvalue weighted by Gasteiger charge is 2.48. The molecular weight excluding hydrogens is 296 g/mol. The summed E-state index contributed by atoms with van der Waals surface area (Å²) in [6.07, 6.45) is 5.52. The molecular formula is C17H24N2O4. The van der Waals surface area contributed by atoms with Gasteiger partial charge in [0.2, 0.25) is 5.76 Å². The standard InChI is InChI=1S/C17H24N2O4/c1-3-10(2)12-9-15(23-18-12)16(20)19-13-7-5-4-6-11(13)8-14(19)17(21)22/h9-11,13-14H,3-8H2,1-2H3,(H,21,22)/t10-,11-,13-,14-/m0/s1. The molecule has 23 heavy (non-hydrogen) atoms. The van der Waals surface area contributed by atoms with Crippen LogP contribution in [-0.4, -0.2) is 39.1 Å². The predicted molar refractivity (Wildman–Crippen MR) is 83.2 cm³/mol. The summed E-state index contributed by atoms with van der Waals surface area (Å²) >= 11 is 0. The van der Waals surface area contributed by atoms with Crippen LogP contribution in [0.4, 0.5) is 0 Å². The van der Waals surface area contributed by atoms with Gasteiger partial charge in [0.15, 0.2) is 0 Å². The van der Waals surface area contributed by atoms with Gasteiger partial charge in [-0.1, -0.05) is 31.8 Å². The first-order valence-corrected chi connectivity index (χ1v) is 8.55. The zero-order chi connectivity index (χ0) is 16.6. The lowest BCUT2D eigenvalue weighted by Gasteiger charge is -2.32. The third-order valence-corrected chi connectivity index (χ3v) is 5.46. The number of hydrogen-bond donors (Lipinski definition) is 1. The number of aromatic nitrogens is 1. The molecule has 4 atom stereocenters. The number of aliphatic carboxylic acids is 1. The molecule has 126 valence electrons. The average molecular weight is 320 g/mol. The van der Waals surface area contributed by atoms with Gasteiger partial charge in [0.1, 0.15) is 6.04 Å². The SMILES string of the molecule is CC[C@H](C)c1cc(C(=O)N2[C@H](C(=O)O)C[C@@H]3CCCC[C@@H]32)on1. The lowest BCUT2D eigenvalue weighted by Crippen LogP contribution is -2.46. The monoisotopic (exact) mass is 320 g/mol. The first-order chi connectivity index (χ1) is 11.0. The minimum atomic E-state index is -0.922. The summed E-state index contributed by atoms with van der Waals surface area (Å²) in [6.45, 7) is 4.08. The van der Waals surface area contributed by atoms with E-state index in [0.29, 0.717) is 12.3 Å². The third-order valence-electron chi connectivity index (χ3n) is 5.46. The molecule has 2 heterocycles. The van der Waals surface area contributed by atoms with Crippen LogP contribution in [0.1, 0.15) is 74.5 Å². The van der Waals surface area contributed by atoms with Gasteiger partial charge >= 0.3 is 5.97 Å². The van der Waals surface area contributed by atoms with E-state index in [4.69, 9.17) is 4.52 Å². The van der Waals surface area contributed by atoms with Gasteiger partial charge in [-0.3, -0.25) is 4.79 Å². The van der Waals surface area contributed by atoms with Crippen molar-refractivity contribution < 1.29 is 19.2 Å². The van der Waals surface area contributed by atoms with Gasteiger partial charge in [-0.2, -0.15) is 0 Å². The van der Waals surface area contributed by atoms with Crippen LogP contribution in [0.25, 0.3) is 0 Å². The first kappa shape index (κ1) is 16.0. The second kappa shape index (κ2) is 6.34. The van der Waals surface area contributed by atoms with E-state index in [1.165, 1.54) is 0 Å². The Balaban J connectivity index is 1.86. The topological polar surface area (TPSA) is 83.6 Å². The molecule has 0 bridgehead atoms. The molecule has 1 amide bonds. The number of rotatable bonds is 4. The molecule has 1 N–H and O–H groups in total. The number of nitrogens with zero attached hydrogens (tertiary/aromatic N) is 2. The van der Waals surface area contributed by atoms with Gasteiger partial charge < -0.3 is 14.5 Å². The second-order valence-electron chi connectivity index (χ2n) is 6.84. The Morgan fingerprint density at radius 3 is 2.87 bits per heavy atom. The molecule has 0 aromatic carbocycles. The maximum atomic E-state index is 12.9. The fourth-order valence-corrected chi connectivity index (χ4v) is 3.93. The number of amides is 1. The molecule has 1 aliphatic heterocycles. The number of carboxylic acid groups (broad SMARTS) is 1. The van der Waals surface area contributed by atoms with Crippen molar-refractivity contribution in [3.8, 4) is 0 Å². The summed E-state index contributed by atoms with van der Waals surface area (Å²) in [5, 5.41) is 13.5. The van der Waals surface area contributed by atoms with Gasteiger partial charge in [-0.25, -0.2) is 4.79 Å². The average Bonchev–Trinajstić information content (AvgIpc) is 3.18. The zero-order valence-corrected chi connectivity index (χ0v) is 13.7. The highest BCUT2D eigenvalue weighted by molar-refractivity contribution is 5.95. The van der Waals surface area contributed by atoms with E-state index in [1.54, 1.807) is 11.0 Å². The van der Waals surface area contributed by atoms with Gasteiger partial charge in [-0.15, -0.1) is 0 Å². The Morgan fingerprint density at radius 2 is 2.17 bits per heavy atom. The smallest absolute Gasteiger partial charge is 0.326 e. The summed E-state index contributed by atoms with van der Waals surface area (Å²) in [5.41, 5.74) is 0.752. The van der Waals surface area contributed by atoms with Gasteiger partial charge in [-0.05, 0) is 31.6 Å². The maximum absolute atomic E-state index is 12.9. The maximum Gasteiger partial charge on any atom is 0.326 e. The fraction of sp³-hybridized carbons (Fsp3) is 0.706. The molecule has 6 heteroatoms. The Bertz CT molecular complexity index is 597. The van der Waals surface area contributed by atoms with Crippen LogP contribution in [0.5, 0.6) is 0 Å². The number of carbonyl (C=O) groups is 2. The summed E-state index contributed by atoms with van der Waals surface area (Å²) in [7, 11) is 0. The van der Waals surface area contributed by atoms with Crippen LogP contribution in [0.2, 0.25) is 0 Å². The summed E-state index contributed by atoms with van der Waals surface area (Å²) in [4.78, 5) is 26.0. The van der Waals surface area contributed by atoms with E-state index in [-0.39, 0.29) is 23.6 Å². The van der Waals surface area contributed by atoms with Gasteiger partial charge in [0, 0.05) is 18.0 Å². The van der Waals surface area contributed by atoms with Crippen molar-refractivity contribution in [3.05, 3.63) is 17.5 Å². The van der Waals surface area contributed by atoms with Gasteiger partial charge in [0.25, 0.3) is 5.91 Å². The molecule has 0 spiro atoms. The molecule has 2 fully saturated rings. The van der Waals surface area contributed by atoms with E-state index in [2.05, 4.69) is 5.16 Å². The molecule has 1 aromatic rings. The van der Waals surface area contributed by atoms with Crippen molar-refractivity contribution in [1.29, 1.82) is 0 Å². The van der Waals surface area contributed by atoms with Crippen molar-refractivity contribution in [2.45, 2.75) is 70.4 Å². The van der Waals surface area contributed by atoms with Crippen molar-refractivity contribution in [1.82, 2.24) is 10.1 Å². The molecule has 6 nitrogen and oxygen atoms in total. The predicted octanol–water partition coefficient (Wildman–Crippen LogP) is 3.05. The van der Waals surface area contributed by atoms with Crippen LogP contribution in [0.3, 0.4) is 0 Å². The Kier molecular flexibility index (Phi) is 4.41. The number of fused-ring (bicyclic) bond motifs is 1. The molecule has 1 aromatic heterocycles. The molecule has 1 saturated heterocycles. The molecule has 0 radical (unpaired) electrons. The van der Waals surface area contributed by atoms with E-state index >= 15 is 0 Å². The third kappa shape index (κ3) is 2.86. The normalized spacial score (nSPS) is 28.4. The zero-order valence-electron chi connectivity index (χ0n) is 13.7. The highest BCUT2D eigenvalue weighted by Crippen LogP contribution is 2.40. The van der Waals surface area contributed by atoms with Crippen molar-refractivity contribution >= 4 is 11.9 Å². The summed E-state index contributed by atoms with van der Waals surface area (Å²) in [5.74, 6) is -0.566. The quantitative estimate of drug-likeness (QED) is 0.922. The highest BCUT2D eigenvalue weighted by atomic mass is 16.5. The van der Waals surface area contributed by atoms with Crippen LogP contribution in [0.15, 0.2) is 10.6 Å². The second-order valence-corrected chi connectivity index (χ2v) is 6.84. The molecule has 3 rings (SSSR count). The minimum absolute atomic E-state index is 0.0227. The van der Waals surface area contributed by atoms with E-state index in [1.807, 2.05) is 13.8 Å². The largest absolute Gasteiger partial charge is 0.480 e. The molecule has 2 aliphatic rings. The van der Waals surface area contributed by atoms with Gasteiger partial charge in [0.05, 0.1) is 5.69 Å². The number of hydrogen-bond acceptors (Lipinski definition) is 4. The molecule has 1 aliphatic carbocycles. The Morgan fingerprint density at radius 1 is 1.43 bits per heavy atom. The van der Waals surface area contributed by atoms with Crippen molar-refractivity contribution in [2.24, 2.45) is 5.92 Å². The summed E-state index contributed by atoms with van der Waals surface area (Å²) in [6, 6.07) is 0.952. The van der Waals surface area contributed by atoms with Crippen LogP contribution in [-0.2, 0) is 4.79 Å². The van der Waals surface area contributed by atoms with Crippen molar-refractivity contribution in [2.75, 3.05) is 0 Å². The van der Waals surface area contributed by atoms with Crippen LogP contribution >= 0.6 is 0 Å². The lowest BCUT2D eigenvalue weighted by molar-refractivity contribution is -0.141. The number of carbonyl (C=O) groups excluding carboxylic acids is 1. The molecule has 1 saturated carbocycles. The van der Waals surface area contributed by atoms with Crippen molar-refractivity contribution in [3.63, 3.8) is 0 Å². The Hall–Kier alpha value is -1.85. The van der Waals surface area contributed by atoms with E-state index in [9.17, 15) is 14.7 Å². The van der Waals surface area contributed by atoms with E-state index < -0.39 is 12.0 Å². The van der Waals surface area contributed by atoms with E-state index in [0.717, 1.165) is 37.8 Å². The van der Waals surface area contributed by atoms with Crippen LogP contribution in [0, 0.1) is 5.92 Å². The number of likely N-dealkylation sites (tertiary alicyclic amines) is 1. The molecule has 0 unspecified atom stereocenters. The minimum Gasteiger partial charge on any atom is -0.480 e. The Labute approximate surface area is 135 Å². The summed E-state index contributed by atoms with van der Waals surface area (Å²) < 4.78 is 5.24. The number of carboxylic acids is 1. The first-order valence-electron chi connectivity index (χ1n) is 8.55. The fourth-order valence-electron chi connectivity index (χ4n) is 3.93.